The van der Waals surface area contributed by atoms with Crippen LogP contribution in [-0.2, 0) is 16.7 Å². The summed E-state index contributed by atoms with van der Waals surface area (Å²) in [6, 6.07) is 10.2. The van der Waals surface area contributed by atoms with Gasteiger partial charge in [0.1, 0.15) is 6.07 Å². The van der Waals surface area contributed by atoms with Gasteiger partial charge in [0.25, 0.3) is 0 Å². The Morgan fingerprint density at radius 2 is 2.10 bits per heavy atom. The standard InChI is InChI=1S/C24H30N4O2/c1-29-21-14-19(17-28-20(21)15-25)16-26-12-9-23(22-6-2-5-11-27-22)10-13-30-24(18-23)7-3-4-8-24/h2,5-6,11,14,17,26H,3-4,7-10,12-13,16,18H2,1H3/t23-/m1/s1. The first-order valence-electron chi connectivity index (χ1n) is 10.9. The fraction of sp³-hybridized carbons (Fsp3) is 0.542. The molecule has 0 aromatic carbocycles. The zero-order valence-corrected chi connectivity index (χ0v) is 17.7. The molecule has 6 nitrogen and oxygen atoms in total. The highest BCUT2D eigenvalue weighted by Gasteiger charge is 2.48. The average molecular weight is 407 g/mol. The van der Waals surface area contributed by atoms with E-state index in [4.69, 9.17) is 19.7 Å². The molecule has 1 aliphatic heterocycles. The molecule has 2 aromatic heterocycles. The molecule has 2 fully saturated rings. The van der Waals surface area contributed by atoms with Gasteiger partial charge in [-0.1, -0.05) is 18.9 Å². The van der Waals surface area contributed by atoms with E-state index in [1.807, 2.05) is 18.3 Å². The first-order chi connectivity index (χ1) is 14.7. The van der Waals surface area contributed by atoms with Gasteiger partial charge in [-0.3, -0.25) is 4.98 Å². The summed E-state index contributed by atoms with van der Waals surface area (Å²) in [4.78, 5) is 8.96. The molecule has 0 amide bonds. The van der Waals surface area contributed by atoms with Gasteiger partial charge in [0.15, 0.2) is 11.4 Å². The van der Waals surface area contributed by atoms with Gasteiger partial charge in [-0.2, -0.15) is 5.26 Å². The van der Waals surface area contributed by atoms with E-state index in [1.165, 1.54) is 31.4 Å². The van der Waals surface area contributed by atoms with Gasteiger partial charge in [-0.15, -0.1) is 0 Å². The maximum Gasteiger partial charge on any atom is 0.182 e. The number of methoxy groups -OCH3 is 1. The van der Waals surface area contributed by atoms with Crippen molar-refractivity contribution in [2.24, 2.45) is 0 Å². The number of rotatable bonds is 7. The van der Waals surface area contributed by atoms with E-state index in [0.29, 0.717) is 18.0 Å². The summed E-state index contributed by atoms with van der Waals surface area (Å²) in [5.74, 6) is 0.523. The number of ether oxygens (including phenoxy) is 2. The van der Waals surface area contributed by atoms with Crippen LogP contribution in [0.25, 0.3) is 0 Å². The Labute approximate surface area is 178 Å². The number of nitrogens with one attached hydrogen (secondary N) is 1. The van der Waals surface area contributed by atoms with Crippen LogP contribution >= 0.6 is 0 Å². The van der Waals surface area contributed by atoms with Crippen molar-refractivity contribution in [1.82, 2.24) is 15.3 Å². The van der Waals surface area contributed by atoms with E-state index in [-0.39, 0.29) is 11.0 Å². The van der Waals surface area contributed by atoms with Crippen LogP contribution in [-0.4, -0.2) is 35.8 Å². The van der Waals surface area contributed by atoms with Gasteiger partial charge in [0, 0.05) is 36.7 Å². The maximum absolute atomic E-state index is 9.10. The lowest BCUT2D eigenvalue weighted by Crippen LogP contribution is -2.47. The van der Waals surface area contributed by atoms with E-state index >= 15 is 0 Å². The van der Waals surface area contributed by atoms with Crippen molar-refractivity contribution < 1.29 is 9.47 Å². The van der Waals surface area contributed by atoms with Crippen molar-refractivity contribution in [2.75, 3.05) is 20.3 Å². The Kier molecular flexibility index (Phi) is 6.31. The summed E-state index contributed by atoms with van der Waals surface area (Å²) < 4.78 is 11.6. The molecule has 30 heavy (non-hydrogen) atoms. The maximum atomic E-state index is 9.10. The second-order valence-corrected chi connectivity index (χ2v) is 8.59. The fourth-order valence-corrected chi connectivity index (χ4v) is 5.18. The van der Waals surface area contributed by atoms with Crippen molar-refractivity contribution in [3.63, 3.8) is 0 Å². The average Bonchev–Trinajstić information content (AvgIpc) is 3.24. The smallest absolute Gasteiger partial charge is 0.182 e. The molecule has 0 radical (unpaired) electrons. The molecular formula is C24H30N4O2. The summed E-state index contributed by atoms with van der Waals surface area (Å²) in [5.41, 5.74) is 2.62. The minimum atomic E-state index is 0.0418. The number of hydrogen-bond donors (Lipinski definition) is 1. The summed E-state index contributed by atoms with van der Waals surface area (Å²) in [6.07, 6.45) is 11.6. The minimum Gasteiger partial charge on any atom is -0.494 e. The van der Waals surface area contributed by atoms with Gasteiger partial charge in [0.05, 0.1) is 12.7 Å². The second kappa shape index (κ2) is 9.11. The predicted molar refractivity (Wildman–Crippen MR) is 114 cm³/mol. The van der Waals surface area contributed by atoms with Crippen LogP contribution in [0.15, 0.2) is 36.7 Å². The van der Waals surface area contributed by atoms with E-state index in [1.54, 1.807) is 13.3 Å². The highest BCUT2D eigenvalue weighted by atomic mass is 16.5. The Balaban J connectivity index is 1.44. The number of nitrogens with zero attached hydrogens (tertiary/aromatic N) is 3. The summed E-state index contributed by atoms with van der Waals surface area (Å²) >= 11 is 0. The molecule has 158 valence electrons. The largest absolute Gasteiger partial charge is 0.494 e. The molecule has 4 rings (SSSR count). The first kappa shape index (κ1) is 20.8. The molecule has 1 spiro atoms. The van der Waals surface area contributed by atoms with Gasteiger partial charge < -0.3 is 14.8 Å². The topological polar surface area (TPSA) is 80.1 Å². The molecule has 1 N–H and O–H groups in total. The second-order valence-electron chi connectivity index (χ2n) is 8.59. The number of hydrogen-bond acceptors (Lipinski definition) is 6. The Bertz CT molecular complexity index is 890. The van der Waals surface area contributed by atoms with Crippen molar-refractivity contribution in [3.8, 4) is 11.8 Å². The Hall–Kier alpha value is -2.49. The third kappa shape index (κ3) is 4.33. The monoisotopic (exact) mass is 406 g/mol. The van der Waals surface area contributed by atoms with E-state index in [9.17, 15) is 0 Å². The zero-order chi connectivity index (χ0) is 20.9. The fourth-order valence-electron chi connectivity index (χ4n) is 5.18. The minimum absolute atomic E-state index is 0.0418. The van der Waals surface area contributed by atoms with E-state index in [0.717, 1.165) is 38.0 Å². The van der Waals surface area contributed by atoms with E-state index in [2.05, 4.69) is 28.5 Å². The molecule has 3 heterocycles. The van der Waals surface area contributed by atoms with Crippen LogP contribution in [0.4, 0.5) is 0 Å². The van der Waals surface area contributed by atoms with Gasteiger partial charge >= 0.3 is 0 Å². The summed E-state index contributed by atoms with van der Waals surface area (Å²) in [5, 5.41) is 12.7. The third-order valence-electron chi connectivity index (χ3n) is 6.72. The van der Waals surface area contributed by atoms with Crippen molar-refractivity contribution in [3.05, 3.63) is 53.6 Å². The highest BCUT2D eigenvalue weighted by molar-refractivity contribution is 5.39. The molecule has 1 saturated heterocycles. The molecule has 0 bridgehead atoms. The van der Waals surface area contributed by atoms with Crippen LogP contribution in [0.5, 0.6) is 5.75 Å². The van der Waals surface area contributed by atoms with Crippen LogP contribution < -0.4 is 10.1 Å². The van der Waals surface area contributed by atoms with Crippen molar-refractivity contribution >= 4 is 0 Å². The SMILES string of the molecule is COc1cc(CNCC[C@@]2(c3ccccn3)CCOC3(CCCC3)C2)cnc1C#N. The lowest BCUT2D eigenvalue weighted by atomic mass is 9.68. The van der Waals surface area contributed by atoms with Crippen LogP contribution in [0.3, 0.4) is 0 Å². The molecule has 2 aromatic rings. The zero-order valence-electron chi connectivity index (χ0n) is 17.7. The molecule has 1 atom stereocenters. The van der Waals surface area contributed by atoms with Crippen molar-refractivity contribution in [1.29, 1.82) is 5.26 Å². The van der Waals surface area contributed by atoms with Gasteiger partial charge in [-0.05, 0) is 62.4 Å². The highest BCUT2D eigenvalue weighted by Crippen LogP contribution is 2.49. The lowest BCUT2D eigenvalue weighted by Gasteiger charge is -2.46. The summed E-state index contributed by atoms with van der Waals surface area (Å²) in [6.45, 7) is 2.39. The predicted octanol–water partition coefficient (Wildman–Crippen LogP) is 3.90. The molecule has 2 aliphatic rings. The molecule has 1 aliphatic carbocycles. The van der Waals surface area contributed by atoms with Crippen LogP contribution in [0.2, 0.25) is 0 Å². The number of aromatic nitrogens is 2. The number of nitriles is 1. The van der Waals surface area contributed by atoms with Crippen LogP contribution in [0, 0.1) is 11.3 Å². The molecule has 6 heteroatoms. The lowest BCUT2D eigenvalue weighted by molar-refractivity contribution is -0.104. The quantitative estimate of drug-likeness (QED) is 0.703. The normalized spacial score (nSPS) is 22.7. The molecular weight excluding hydrogens is 376 g/mol. The Morgan fingerprint density at radius 1 is 1.23 bits per heavy atom. The van der Waals surface area contributed by atoms with Crippen LogP contribution in [0.1, 0.15) is 61.9 Å². The third-order valence-corrected chi connectivity index (χ3v) is 6.72. The first-order valence-corrected chi connectivity index (χ1v) is 10.9. The molecule has 1 saturated carbocycles. The van der Waals surface area contributed by atoms with Crippen molar-refractivity contribution in [2.45, 2.75) is 62.5 Å². The molecule has 0 unspecified atom stereocenters. The Morgan fingerprint density at radius 3 is 2.83 bits per heavy atom. The van der Waals surface area contributed by atoms with Gasteiger partial charge in [0.2, 0.25) is 0 Å². The van der Waals surface area contributed by atoms with E-state index < -0.39 is 0 Å². The number of pyridine rings is 2. The van der Waals surface area contributed by atoms with Gasteiger partial charge in [-0.25, -0.2) is 4.98 Å². The summed E-state index contributed by atoms with van der Waals surface area (Å²) in [7, 11) is 1.57.